The number of aromatic nitrogens is 3. The highest BCUT2D eigenvalue weighted by Gasteiger charge is 2.13. The van der Waals surface area contributed by atoms with E-state index in [-0.39, 0.29) is 10.9 Å². The molecular weight excluding hydrogens is 324 g/mol. The second-order valence-electron chi connectivity index (χ2n) is 5.68. The third-order valence-electron chi connectivity index (χ3n) is 4.08. The first-order chi connectivity index (χ1) is 12.1. The highest BCUT2D eigenvalue weighted by atomic mass is 19.1. The predicted octanol–water partition coefficient (Wildman–Crippen LogP) is 3.51. The average molecular weight is 337 g/mol. The molecule has 6 heteroatoms. The molecule has 0 saturated heterocycles. The first-order valence-corrected chi connectivity index (χ1v) is 7.69. The number of nitrogens with zero attached hydrogens (tertiary/aromatic N) is 3. The number of hydrogen-bond acceptors (Lipinski definition) is 2. The fourth-order valence-electron chi connectivity index (χ4n) is 2.88. The summed E-state index contributed by atoms with van der Waals surface area (Å²) in [6, 6.07) is 12.7. The van der Waals surface area contributed by atoms with Crippen LogP contribution in [0.2, 0.25) is 0 Å². The Morgan fingerprint density at radius 3 is 2.40 bits per heavy atom. The molecule has 0 fully saturated rings. The second-order valence-corrected chi connectivity index (χ2v) is 5.68. The van der Waals surface area contributed by atoms with Crippen LogP contribution in [-0.2, 0) is 6.54 Å². The molecule has 0 radical (unpaired) electrons. The van der Waals surface area contributed by atoms with Crippen molar-refractivity contribution in [1.82, 2.24) is 14.3 Å². The first-order valence-electron chi connectivity index (χ1n) is 7.69. The van der Waals surface area contributed by atoms with Gasteiger partial charge in [0.05, 0.1) is 16.6 Å². The minimum Gasteiger partial charge on any atom is -0.340 e. The Hall–Kier alpha value is -3.28. The maximum Gasteiger partial charge on any atom is 0.192 e. The monoisotopic (exact) mass is 337 g/mol. The van der Waals surface area contributed by atoms with Gasteiger partial charge < -0.3 is 4.57 Å². The molecule has 2 aromatic heterocycles. The Balaban J connectivity index is 1.75. The highest BCUT2D eigenvalue weighted by Crippen LogP contribution is 2.19. The maximum absolute atomic E-state index is 14.2. The van der Waals surface area contributed by atoms with Crippen molar-refractivity contribution in [1.29, 1.82) is 0 Å². The van der Waals surface area contributed by atoms with E-state index in [9.17, 15) is 13.6 Å². The van der Waals surface area contributed by atoms with Gasteiger partial charge in [-0.2, -0.15) is 5.10 Å². The van der Waals surface area contributed by atoms with Crippen molar-refractivity contribution in [2.45, 2.75) is 6.54 Å². The SMILES string of the molecule is O=c1ccn(Cc2ccc(-n3cccn3)cc2)c2c(F)ccc(F)c12. The van der Waals surface area contributed by atoms with Gasteiger partial charge >= 0.3 is 0 Å². The molecule has 2 aromatic carbocycles. The molecule has 0 aliphatic carbocycles. The minimum absolute atomic E-state index is 0.0244. The van der Waals surface area contributed by atoms with Gasteiger partial charge in [-0.3, -0.25) is 4.79 Å². The van der Waals surface area contributed by atoms with Crippen LogP contribution in [0.15, 0.2) is 71.9 Å². The predicted molar refractivity (Wildman–Crippen MR) is 90.8 cm³/mol. The molecule has 124 valence electrons. The molecule has 0 bridgehead atoms. The molecule has 4 aromatic rings. The number of hydrogen-bond donors (Lipinski definition) is 0. The Morgan fingerprint density at radius 1 is 0.920 bits per heavy atom. The van der Waals surface area contributed by atoms with Crippen LogP contribution in [0.3, 0.4) is 0 Å². The average Bonchev–Trinajstić information content (AvgIpc) is 3.15. The summed E-state index contributed by atoms with van der Waals surface area (Å²) >= 11 is 0. The van der Waals surface area contributed by atoms with Gasteiger partial charge in [0.2, 0.25) is 0 Å². The number of pyridine rings is 1. The largest absolute Gasteiger partial charge is 0.340 e. The van der Waals surface area contributed by atoms with Gasteiger partial charge in [-0.1, -0.05) is 12.1 Å². The third-order valence-corrected chi connectivity index (χ3v) is 4.08. The Bertz CT molecular complexity index is 1100. The van der Waals surface area contributed by atoms with E-state index in [1.54, 1.807) is 10.9 Å². The van der Waals surface area contributed by atoms with Gasteiger partial charge in [-0.15, -0.1) is 0 Å². The summed E-state index contributed by atoms with van der Waals surface area (Å²) in [5.74, 6) is -1.34. The van der Waals surface area contributed by atoms with Crippen molar-refractivity contribution >= 4 is 10.9 Å². The van der Waals surface area contributed by atoms with Gasteiger partial charge in [0.15, 0.2) is 5.43 Å². The van der Waals surface area contributed by atoms with E-state index in [4.69, 9.17) is 0 Å². The van der Waals surface area contributed by atoms with E-state index < -0.39 is 17.1 Å². The van der Waals surface area contributed by atoms with Crippen LogP contribution in [0.1, 0.15) is 5.56 Å². The quantitative estimate of drug-likeness (QED) is 0.574. The van der Waals surface area contributed by atoms with E-state index >= 15 is 0 Å². The van der Waals surface area contributed by atoms with E-state index in [0.29, 0.717) is 6.54 Å². The standard InChI is InChI=1S/C19H13F2N3O/c20-15-6-7-16(21)19-18(15)17(25)8-11-23(19)12-13-2-4-14(5-3-13)24-10-1-9-22-24/h1-11H,12H2. The molecule has 4 nitrogen and oxygen atoms in total. The molecule has 0 spiro atoms. The zero-order valence-corrected chi connectivity index (χ0v) is 13.1. The molecule has 0 N–H and O–H groups in total. The minimum atomic E-state index is -0.718. The van der Waals surface area contributed by atoms with Crippen molar-refractivity contribution in [2.75, 3.05) is 0 Å². The zero-order valence-electron chi connectivity index (χ0n) is 13.1. The topological polar surface area (TPSA) is 39.8 Å². The number of rotatable bonds is 3. The van der Waals surface area contributed by atoms with Crippen molar-refractivity contribution in [3.8, 4) is 5.69 Å². The van der Waals surface area contributed by atoms with Gasteiger partial charge in [-0.05, 0) is 35.9 Å². The molecule has 0 aliphatic heterocycles. The molecule has 25 heavy (non-hydrogen) atoms. The lowest BCUT2D eigenvalue weighted by molar-refractivity contribution is 0.607. The van der Waals surface area contributed by atoms with E-state index in [1.165, 1.54) is 16.8 Å². The fourth-order valence-corrected chi connectivity index (χ4v) is 2.88. The molecule has 4 rings (SSSR count). The van der Waals surface area contributed by atoms with Crippen LogP contribution in [0, 0.1) is 11.6 Å². The fraction of sp³-hybridized carbons (Fsp3) is 0.0526. The third kappa shape index (κ3) is 2.71. The van der Waals surface area contributed by atoms with Crippen LogP contribution in [0.5, 0.6) is 0 Å². The molecule has 0 aliphatic rings. The van der Waals surface area contributed by atoms with E-state index in [2.05, 4.69) is 5.10 Å². The van der Waals surface area contributed by atoms with Gasteiger partial charge in [0.1, 0.15) is 11.6 Å². The lowest BCUT2D eigenvalue weighted by atomic mass is 10.1. The Kier molecular flexibility index (Phi) is 3.65. The van der Waals surface area contributed by atoms with Crippen molar-refractivity contribution in [3.05, 3.63) is 94.5 Å². The maximum atomic E-state index is 14.2. The summed E-state index contributed by atoms with van der Waals surface area (Å²) in [6.07, 6.45) is 5.01. The summed E-state index contributed by atoms with van der Waals surface area (Å²) in [5, 5.41) is 3.93. The lowest BCUT2D eigenvalue weighted by Crippen LogP contribution is -2.12. The first kappa shape index (κ1) is 15.3. The summed E-state index contributed by atoms with van der Waals surface area (Å²) in [5.41, 5.74) is 1.24. The van der Waals surface area contributed by atoms with Gasteiger partial charge in [0, 0.05) is 31.2 Å². The van der Waals surface area contributed by atoms with Crippen molar-refractivity contribution in [3.63, 3.8) is 0 Å². The lowest BCUT2D eigenvalue weighted by Gasteiger charge is -2.12. The van der Waals surface area contributed by atoms with Crippen LogP contribution >= 0.6 is 0 Å². The summed E-state index contributed by atoms with van der Waals surface area (Å²) in [4.78, 5) is 11.9. The summed E-state index contributed by atoms with van der Waals surface area (Å²) < 4.78 is 31.5. The smallest absolute Gasteiger partial charge is 0.192 e. The summed E-state index contributed by atoms with van der Waals surface area (Å²) in [6.45, 7) is 0.316. The second kappa shape index (κ2) is 5.98. The highest BCUT2D eigenvalue weighted by molar-refractivity contribution is 5.80. The normalized spacial score (nSPS) is 11.1. The van der Waals surface area contributed by atoms with Crippen LogP contribution in [0.25, 0.3) is 16.6 Å². The number of fused-ring (bicyclic) bond motifs is 1. The Labute approximate surface area is 141 Å². The Morgan fingerprint density at radius 2 is 1.68 bits per heavy atom. The number of halogens is 2. The summed E-state index contributed by atoms with van der Waals surface area (Å²) in [7, 11) is 0. The van der Waals surface area contributed by atoms with Gasteiger partial charge in [-0.25, -0.2) is 13.5 Å². The van der Waals surface area contributed by atoms with E-state index in [0.717, 1.165) is 23.4 Å². The molecule has 0 atom stereocenters. The van der Waals surface area contributed by atoms with Crippen LogP contribution in [0.4, 0.5) is 8.78 Å². The van der Waals surface area contributed by atoms with E-state index in [1.807, 2.05) is 36.5 Å². The van der Waals surface area contributed by atoms with Crippen molar-refractivity contribution < 1.29 is 8.78 Å². The zero-order chi connectivity index (χ0) is 17.4. The van der Waals surface area contributed by atoms with Crippen molar-refractivity contribution in [2.24, 2.45) is 0 Å². The molecule has 0 unspecified atom stereocenters. The van der Waals surface area contributed by atoms with Gasteiger partial charge in [0.25, 0.3) is 0 Å². The van der Waals surface area contributed by atoms with Crippen LogP contribution < -0.4 is 5.43 Å². The molecule has 0 saturated carbocycles. The molecular formula is C19H13F2N3O. The molecule has 2 heterocycles. The molecule has 0 amide bonds. The number of benzene rings is 2. The van der Waals surface area contributed by atoms with Crippen LogP contribution in [-0.4, -0.2) is 14.3 Å².